The van der Waals surface area contributed by atoms with Crippen LogP contribution in [0.4, 0.5) is 0 Å². The molecule has 1 atom stereocenters. The molecule has 0 fully saturated rings. The van der Waals surface area contributed by atoms with Crippen molar-refractivity contribution < 1.29 is 4.52 Å². The van der Waals surface area contributed by atoms with Gasteiger partial charge in [0.25, 0.3) is 0 Å². The molecule has 4 nitrogen and oxygen atoms in total. The summed E-state index contributed by atoms with van der Waals surface area (Å²) in [5, 5.41) is 10.7. The van der Waals surface area contributed by atoms with Crippen molar-refractivity contribution in [3.63, 3.8) is 0 Å². The quantitative estimate of drug-likeness (QED) is 0.686. The molecule has 0 saturated heterocycles. The van der Waals surface area contributed by atoms with Crippen LogP contribution in [0.5, 0.6) is 0 Å². The second-order valence-electron chi connectivity index (χ2n) is 2.37. The third-order valence-corrected chi connectivity index (χ3v) is 1.53. The maximum absolute atomic E-state index is 10.8. The Hall–Kier alpha value is -1.50. The molecule has 1 N–H and O–H groups in total. The molecule has 1 aromatic heterocycles. The average Bonchev–Trinajstić information content (AvgIpc) is 2.36. The Labute approximate surface area is 63.4 Å². The third kappa shape index (κ3) is 1.49. The summed E-state index contributed by atoms with van der Waals surface area (Å²) in [6.07, 6.45) is 1.83. The molecular weight excluding hydrogens is 144 g/mol. The van der Waals surface area contributed by atoms with Gasteiger partial charge >= 0.3 is 5.63 Å². The van der Waals surface area contributed by atoms with Crippen molar-refractivity contribution in [3.8, 4) is 6.07 Å². The van der Waals surface area contributed by atoms with Crippen molar-refractivity contribution in [1.82, 2.24) is 5.16 Å². The first-order valence-electron chi connectivity index (χ1n) is 3.29. The zero-order valence-corrected chi connectivity index (χ0v) is 6.13. The van der Waals surface area contributed by atoms with Crippen LogP contribution in [0.3, 0.4) is 0 Å². The van der Waals surface area contributed by atoms with Gasteiger partial charge in [0.05, 0.1) is 11.6 Å². The second-order valence-corrected chi connectivity index (χ2v) is 2.37. The summed E-state index contributed by atoms with van der Waals surface area (Å²) in [6, 6.07) is 1.99. The average molecular weight is 152 g/mol. The van der Waals surface area contributed by atoms with Crippen molar-refractivity contribution in [1.29, 1.82) is 5.26 Å². The topological polar surface area (TPSA) is 69.8 Å². The molecule has 0 aliphatic carbocycles. The largest absolute Gasteiger partial charge is 0.360 e. The van der Waals surface area contributed by atoms with Crippen LogP contribution in [-0.2, 0) is 0 Å². The lowest BCUT2D eigenvalue weighted by Crippen LogP contribution is -2.04. The minimum absolute atomic E-state index is 0.0532. The standard InChI is InChI=1S/C7H8N2O2/c1-5(2-3-8)6-4-9-11-7(6)10/h4-5,9H,2H2,1H3/t5-/m1/s1. The summed E-state index contributed by atoms with van der Waals surface area (Å²) in [7, 11) is 0. The van der Waals surface area contributed by atoms with Crippen LogP contribution >= 0.6 is 0 Å². The first-order valence-corrected chi connectivity index (χ1v) is 3.29. The van der Waals surface area contributed by atoms with Crippen LogP contribution < -0.4 is 5.63 Å². The molecule has 1 aromatic rings. The molecule has 0 aromatic carbocycles. The van der Waals surface area contributed by atoms with Gasteiger partial charge in [0.1, 0.15) is 0 Å². The number of nitriles is 1. The fourth-order valence-corrected chi connectivity index (χ4v) is 0.855. The van der Waals surface area contributed by atoms with Gasteiger partial charge in [0, 0.05) is 18.5 Å². The van der Waals surface area contributed by atoms with Crippen molar-refractivity contribution in [2.24, 2.45) is 0 Å². The molecule has 4 heteroatoms. The van der Waals surface area contributed by atoms with Crippen LogP contribution in [0.25, 0.3) is 0 Å². The van der Waals surface area contributed by atoms with E-state index in [1.54, 1.807) is 0 Å². The highest BCUT2D eigenvalue weighted by Gasteiger charge is 2.10. The van der Waals surface area contributed by atoms with Crippen molar-refractivity contribution in [2.75, 3.05) is 0 Å². The monoisotopic (exact) mass is 152 g/mol. The van der Waals surface area contributed by atoms with E-state index >= 15 is 0 Å². The highest BCUT2D eigenvalue weighted by Crippen LogP contribution is 2.12. The molecule has 0 aliphatic heterocycles. The molecule has 0 saturated carbocycles. The number of hydrogen-bond donors (Lipinski definition) is 1. The van der Waals surface area contributed by atoms with Gasteiger partial charge in [-0.3, -0.25) is 0 Å². The Bertz CT molecular complexity index is 318. The van der Waals surface area contributed by atoms with E-state index in [-0.39, 0.29) is 11.5 Å². The lowest BCUT2D eigenvalue weighted by atomic mass is 10.0. The Balaban J connectivity index is 2.86. The third-order valence-electron chi connectivity index (χ3n) is 1.53. The van der Waals surface area contributed by atoms with Gasteiger partial charge in [-0.25, -0.2) is 9.95 Å². The van der Waals surface area contributed by atoms with Gasteiger partial charge in [-0.05, 0) is 0 Å². The summed E-state index contributed by atoms with van der Waals surface area (Å²) < 4.78 is 4.44. The maximum atomic E-state index is 10.8. The number of nitrogens with zero attached hydrogens (tertiary/aromatic N) is 1. The molecule has 0 radical (unpaired) electrons. The van der Waals surface area contributed by atoms with Crippen molar-refractivity contribution in [2.45, 2.75) is 19.3 Å². The molecule has 0 amide bonds. The summed E-state index contributed by atoms with van der Waals surface area (Å²) in [5.74, 6) is -0.0532. The van der Waals surface area contributed by atoms with E-state index in [1.165, 1.54) is 6.20 Å². The van der Waals surface area contributed by atoms with Gasteiger partial charge in [0.15, 0.2) is 0 Å². The highest BCUT2D eigenvalue weighted by molar-refractivity contribution is 5.09. The van der Waals surface area contributed by atoms with E-state index in [0.717, 1.165) is 0 Å². The van der Waals surface area contributed by atoms with E-state index in [1.807, 2.05) is 13.0 Å². The predicted octanol–water partition coefficient (Wildman–Crippen LogP) is 0.985. The Morgan fingerprint density at radius 2 is 2.64 bits per heavy atom. The molecule has 0 unspecified atom stereocenters. The number of nitrogens with one attached hydrogen (secondary N) is 1. The molecule has 0 bridgehead atoms. The molecule has 11 heavy (non-hydrogen) atoms. The summed E-state index contributed by atoms with van der Waals surface area (Å²) >= 11 is 0. The Morgan fingerprint density at radius 3 is 3.09 bits per heavy atom. The Morgan fingerprint density at radius 1 is 1.91 bits per heavy atom. The zero-order chi connectivity index (χ0) is 8.27. The van der Waals surface area contributed by atoms with Crippen LogP contribution in [0.2, 0.25) is 0 Å². The van der Waals surface area contributed by atoms with Gasteiger partial charge in [-0.15, -0.1) is 0 Å². The molecular formula is C7H8N2O2. The summed E-state index contributed by atoms with van der Waals surface area (Å²) in [6.45, 7) is 1.81. The van der Waals surface area contributed by atoms with E-state index in [4.69, 9.17) is 5.26 Å². The summed E-state index contributed by atoms with van der Waals surface area (Å²) in [4.78, 5) is 10.8. The number of aromatic nitrogens is 1. The number of hydrogen-bond acceptors (Lipinski definition) is 3. The SMILES string of the molecule is C[C@H](CC#N)c1c[nH]oc1=O. The molecule has 58 valence electrons. The minimum atomic E-state index is -0.382. The normalized spacial score (nSPS) is 12.4. The molecule has 0 spiro atoms. The van der Waals surface area contributed by atoms with E-state index in [0.29, 0.717) is 12.0 Å². The summed E-state index contributed by atoms with van der Waals surface area (Å²) in [5.41, 5.74) is 0.152. The van der Waals surface area contributed by atoms with Crippen molar-refractivity contribution >= 4 is 0 Å². The fraction of sp³-hybridized carbons (Fsp3) is 0.429. The Kier molecular flexibility index (Phi) is 2.12. The number of H-pyrrole nitrogens is 1. The van der Waals surface area contributed by atoms with Crippen LogP contribution in [-0.4, -0.2) is 5.16 Å². The second kappa shape index (κ2) is 3.06. The molecule has 0 aliphatic rings. The zero-order valence-electron chi connectivity index (χ0n) is 6.13. The highest BCUT2D eigenvalue weighted by atomic mass is 16.5. The number of aromatic amines is 1. The number of rotatable bonds is 2. The lowest BCUT2D eigenvalue weighted by molar-refractivity contribution is 0.389. The predicted molar refractivity (Wildman–Crippen MR) is 38.0 cm³/mol. The van der Waals surface area contributed by atoms with Crippen molar-refractivity contribution in [3.05, 3.63) is 22.2 Å². The fourth-order valence-electron chi connectivity index (χ4n) is 0.855. The van der Waals surface area contributed by atoms with Gasteiger partial charge in [0.2, 0.25) is 0 Å². The van der Waals surface area contributed by atoms with Gasteiger partial charge in [-0.1, -0.05) is 6.92 Å². The lowest BCUT2D eigenvalue weighted by Gasteiger charge is -1.97. The molecule has 1 rings (SSSR count). The maximum Gasteiger partial charge on any atom is 0.360 e. The van der Waals surface area contributed by atoms with E-state index < -0.39 is 0 Å². The first-order chi connectivity index (χ1) is 5.25. The van der Waals surface area contributed by atoms with Gasteiger partial charge in [-0.2, -0.15) is 5.26 Å². The van der Waals surface area contributed by atoms with Crippen LogP contribution in [0, 0.1) is 11.3 Å². The van der Waals surface area contributed by atoms with Crippen LogP contribution in [0.15, 0.2) is 15.5 Å². The smallest absolute Gasteiger partial charge is 0.339 e. The molecule has 1 heterocycles. The van der Waals surface area contributed by atoms with E-state index in [9.17, 15) is 4.79 Å². The van der Waals surface area contributed by atoms with Crippen LogP contribution in [0.1, 0.15) is 24.8 Å². The van der Waals surface area contributed by atoms with Gasteiger partial charge < -0.3 is 4.52 Å². The first kappa shape index (κ1) is 7.61. The van der Waals surface area contributed by atoms with E-state index in [2.05, 4.69) is 9.68 Å². The minimum Gasteiger partial charge on any atom is -0.339 e.